The van der Waals surface area contributed by atoms with E-state index < -0.39 is 0 Å². The zero-order valence-corrected chi connectivity index (χ0v) is 10.4. The Balaban J connectivity index is 2.12. The van der Waals surface area contributed by atoms with Gasteiger partial charge in [-0.05, 0) is 30.9 Å². The fourth-order valence-corrected chi connectivity index (χ4v) is 2.61. The minimum atomic E-state index is 0.374. The van der Waals surface area contributed by atoms with Crippen LogP contribution in [0, 0.1) is 17.2 Å². The van der Waals surface area contributed by atoms with E-state index in [0.717, 1.165) is 5.82 Å². The van der Waals surface area contributed by atoms with Crippen LogP contribution in [0.25, 0.3) is 0 Å². The summed E-state index contributed by atoms with van der Waals surface area (Å²) in [4.78, 5) is 2.21. The standard InChI is InChI=1S/C13H18N4/c1-10-5-3-4-6-12(10)17(2)13-8-7-11(9-14)15-16-13/h7-8,10,12H,3-6H2,1-2H3. The van der Waals surface area contributed by atoms with Crippen LogP contribution in [0.3, 0.4) is 0 Å². The first-order chi connectivity index (χ1) is 8.22. The Morgan fingerprint density at radius 3 is 2.65 bits per heavy atom. The second-order valence-electron chi connectivity index (χ2n) is 4.83. The maximum atomic E-state index is 8.69. The lowest BCUT2D eigenvalue weighted by Crippen LogP contribution is -2.39. The fourth-order valence-electron chi connectivity index (χ4n) is 2.61. The molecule has 2 atom stereocenters. The van der Waals surface area contributed by atoms with Gasteiger partial charge < -0.3 is 4.90 Å². The van der Waals surface area contributed by atoms with Crippen LogP contribution < -0.4 is 4.90 Å². The van der Waals surface area contributed by atoms with Crippen molar-refractivity contribution in [3.05, 3.63) is 17.8 Å². The van der Waals surface area contributed by atoms with Crippen LogP contribution in [-0.2, 0) is 0 Å². The highest BCUT2D eigenvalue weighted by molar-refractivity contribution is 5.39. The van der Waals surface area contributed by atoms with Gasteiger partial charge in [-0.15, -0.1) is 10.2 Å². The molecule has 2 unspecified atom stereocenters. The zero-order valence-electron chi connectivity index (χ0n) is 10.4. The van der Waals surface area contributed by atoms with Gasteiger partial charge >= 0.3 is 0 Å². The van der Waals surface area contributed by atoms with Gasteiger partial charge in [0.15, 0.2) is 11.5 Å². The Labute approximate surface area is 102 Å². The molecule has 1 heterocycles. The van der Waals surface area contributed by atoms with E-state index in [1.165, 1.54) is 25.7 Å². The van der Waals surface area contributed by atoms with Gasteiger partial charge in [0.05, 0.1) is 0 Å². The normalized spacial score (nSPS) is 24.1. The Morgan fingerprint density at radius 2 is 2.06 bits per heavy atom. The molecule has 90 valence electrons. The van der Waals surface area contributed by atoms with Crippen molar-refractivity contribution in [3.8, 4) is 6.07 Å². The molecule has 0 saturated heterocycles. The van der Waals surface area contributed by atoms with Crippen LogP contribution in [-0.4, -0.2) is 23.3 Å². The predicted octanol–water partition coefficient (Wildman–Crippen LogP) is 2.36. The van der Waals surface area contributed by atoms with E-state index >= 15 is 0 Å². The number of aromatic nitrogens is 2. The summed E-state index contributed by atoms with van der Waals surface area (Å²) in [5.74, 6) is 1.56. The molecule has 1 aromatic rings. The molecule has 0 spiro atoms. The molecule has 1 aliphatic carbocycles. The Morgan fingerprint density at radius 1 is 1.29 bits per heavy atom. The number of hydrogen-bond donors (Lipinski definition) is 0. The van der Waals surface area contributed by atoms with Crippen molar-refractivity contribution in [2.75, 3.05) is 11.9 Å². The predicted molar refractivity (Wildman–Crippen MR) is 66.6 cm³/mol. The van der Waals surface area contributed by atoms with Crippen LogP contribution in [0.15, 0.2) is 12.1 Å². The molecule has 0 N–H and O–H groups in total. The lowest BCUT2D eigenvalue weighted by atomic mass is 9.85. The molecule has 4 nitrogen and oxygen atoms in total. The van der Waals surface area contributed by atoms with Gasteiger partial charge in [-0.3, -0.25) is 0 Å². The summed E-state index contributed by atoms with van der Waals surface area (Å²) in [6.45, 7) is 2.30. The number of hydrogen-bond acceptors (Lipinski definition) is 4. The number of nitrogens with zero attached hydrogens (tertiary/aromatic N) is 4. The summed E-state index contributed by atoms with van der Waals surface area (Å²) >= 11 is 0. The minimum Gasteiger partial charge on any atom is -0.355 e. The lowest BCUT2D eigenvalue weighted by Gasteiger charge is -2.36. The summed E-state index contributed by atoms with van der Waals surface area (Å²) in [5.41, 5.74) is 0.374. The first-order valence-corrected chi connectivity index (χ1v) is 6.19. The smallest absolute Gasteiger partial charge is 0.163 e. The Hall–Kier alpha value is -1.63. The molecule has 0 radical (unpaired) electrons. The van der Waals surface area contributed by atoms with E-state index in [4.69, 9.17) is 5.26 Å². The molecule has 0 aliphatic heterocycles. The van der Waals surface area contributed by atoms with Crippen molar-refractivity contribution in [2.45, 2.75) is 38.6 Å². The highest BCUT2D eigenvalue weighted by Gasteiger charge is 2.25. The largest absolute Gasteiger partial charge is 0.355 e. The van der Waals surface area contributed by atoms with Crippen LogP contribution in [0.5, 0.6) is 0 Å². The highest BCUT2D eigenvalue weighted by Crippen LogP contribution is 2.29. The average Bonchev–Trinajstić information content (AvgIpc) is 2.39. The molecule has 0 aromatic carbocycles. The quantitative estimate of drug-likeness (QED) is 0.782. The van der Waals surface area contributed by atoms with Crippen LogP contribution in [0.2, 0.25) is 0 Å². The van der Waals surface area contributed by atoms with Gasteiger partial charge in [-0.25, -0.2) is 0 Å². The van der Waals surface area contributed by atoms with Crippen LogP contribution in [0.1, 0.15) is 38.3 Å². The summed E-state index contributed by atoms with van der Waals surface area (Å²) in [6.07, 6.45) is 5.14. The molecule has 4 heteroatoms. The summed E-state index contributed by atoms with van der Waals surface area (Å²) in [5, 5.41) is 16.7. The monoisotopic (exact) mass is 230 g/mol. The van der Waals surface area contributed by atoms with Crippen molar-refractivity contribution >= 4 is 5.82 Å². The van der Waals surface area contributed by atoms with Gasteiger partial charge in [0.2, 0.25) is 0 Å². The van der Waals surface area contributed by atoms with Crippen molar-refractivity contribution in [3.63, 3.8) is 0 Å². The van der Waals surface area contributed by atoms with Gasteiger partial charge in [-0.1, -0.05) is 19.8 Å². The van der Waals surface area contributed by atoms with E-state index in [-0.39, 0.29) is 0 Å². The van der Waals surface area contributed by atoms with E-state index in [2.05, 4.69) is 29.1 Å². The second-order valence-corrected chi connectivity index (χ2v) is 4.83. The zero-order chi connectivity index (χ0) is 12.3. The maximum Gasteiger partial charge on any atom is 0.163 e. The molecular weight excluding hydrogens is 212 g/mol. The van der Waals surface area contributed by atoms with E-state index in [0.29, 0.717) is 17.7 Å². The van der Waals surface area contributed by atoms with Gasteiger partial charge in [-0.2, -0.15) is 5.26 Å². The highest BCUT2D eigenvalue weighted by atomic mass is 15.3. The van der Waals surface area contributed by atoms with E-state index in [9.17, 15) is 0 Å². The molecule has 2 rings (SSSR count). The van der Waals surface area contributed by atoms with Crippen molar-refractivity contribution in [1.82, 2.24) is 10.2 Å². The first kappa shape index (κ1) is 11.8. The molecule has 17 heavy (non-hydrogen) atoms. The van der Waals surface area contributed by atoms with Gasteiger partial charge in [0.25, 0.3) is 0 Å². The van der Waals surface area contributed by atoms with E-state index in [1.54, 1.807) is 6.07 Å². The SMILES string of the molecule is CC1CCCCC1N(C)c1ccc(C#N)nn1. The third kappa shape index (κ3) is 2.55. The summed E-state index contributed by atoms with van der Waals surface area (Å²) < 4.78 is 0. The average molecular weight is 230 g/mol. The lowest BCUT2D eigenvalue weighted by molar-refractivity contribution is 0.320. The Bertz CT molecular complexity index is 406. The topological polar surface area (TPSA) is 52.8 Å². The molecule has 1 aliphatic rings. The number of nitriles is 1. The first-order valence-electron chi connectivity index (χ1n) is 6.19. The van der Waals surface area contributed by atoms with Crippen molar-refractivity contribution in [1.29, 1.82) is 5.26 Å². The minimum absolute atomic E-state index is 0.374. The summed E-state index contributed by atoms with van der Waals surface area (Å²) in [6, 6.07) is 6.15. The summed E-state index contributed by atoms with van der Waals surface area (Å²) in [7, 11) is 2.07. The second kappa shape index (κ2) is 5.13. The molecule has 1 fully saturated rings. The molecule has 0 bridgehead atoms. The molecular formula is C13H18N4. The van der Waals surface area contributed by atoms with Gasteiger partial charge in [0.1, 0.15) is 6.07 Å². The number of anilines is 1. The third-order valence-corrected chi connectivity index (χ3v) is 3.69. The van der Waals surface area contributed by atoms with Gasteiger partial charge in [0, 0.05) is 13.1 Å². The molecule has 1 aromatic heterocycles. The molecule has 1 saturated carbocycles. The Kier molecular flexibility index (Phi) is 3.58. The van der Waals surface area contributed by atoms with E-state index in [1.807, 2.05) is 12.1 Å². The third-order valence-electron chi connectivity index (χ3n) is 3.69. The fraction of sp³-hybridized carbons (Fsp3) is 0.615. The van der Waals surface area contributed by atoms with Crippen LogP contribution >= 0.6 is 0 Å². The van der Waals surface area contributed by atoms with Crippen molar-refractivity contribution < 1.29 is 0 Å². The van der Waals surface area contributed by atoms with Crippen LogP contribution in [0.4, 0.5) is 5.82 Å². The maximum absolute atomic E-state index is 8.69. The van der Waals surface area contributed by atoms with Crippen molar-refractivity contribution in [2.24, 2.45) is 5.92 Å². The molecule has 0 amide bonds. The number of rotatable bonds is 2.